The average Bonchev–Trinajstić information content (AvgIpc) is 3.10. The van der Waals surface area contributed by atoms with Crippen LogP contribution in [0.4, 0.5) is 5.95 Å². The Morgan fingerprint density at radius 3 is 2.45 bits per heavy atom. The number of aromatic amines is 1. The predicted octanol–water partition coefficient (Wildman–Crippen LogP) is 0.984. The molecule has 0 bridgehead atoms. The molecule has 0 aliphatic heterocycles. The predicted molar refractivity (Wildman–Crippen MR) is 126 cm³/mol. The van der Waals surface area contributed by atoms with Crippen molar-refractivity contribution in [1.29, 1.82) is 0 Å². The van der Waals surface area contributed by atoms with Crippen LogP contribution in [-0.2, 0) is 21.1 Å². The number of aromatic nitrogens is 6. The van der Waals surface area contributed by atoms with Crippen molar-refractivity contribution >= 4 is 47.1 Å². The van der Waals surface area contributed by atoms with Gasteiger partial charge in [-0.3, -0.25) is 28.3 Å². The van der Waals surface area contributed by atoms with Crippen molar-refractivity contribution < 1.29 is 5.11 Å². The topological polar surface area (TPSA) is 144 Å². The summed E-state index contributed by atoms with van der Waals surface area (Å²) in [6.45, 7) is 0. The zero-order chi connectivity index (χ0) is 24.0. The van der Waals surface area contributed by atoms with Crippen LogP contribution >= 0.6 is 23.8 Å². The van der Waals surface area contributed by atoms with Gasteiger partial charge in [0.1, 0.15) is 5.56 Å². The molecule has 0 saturated heterocycles. The number of hydrogen-bond donors (Lipinski definition) is 3. The minimum Gasteiger partial charge on any atom is -0.494 e. The molecular formula is C19H17ClN8O4S. The highest BCUT2D eigenvalue weighted by molar-refractivity contribution is 7.71. The lowest BCUT2D eigenvalue weighted by Crippen LogP contribution is -2.37. The van der Waals surface area contributed by atoms with Crippen LogP contribution in [0.15, 0.2) is 43.8 Å². The van der Waals surface area contributed by atoms with E-state index in [1.54, 1.807) is 31.3 Å². The number of hydrogen-bond acceptors (Lipinski definition) is 8. The molecule has 4 rings (SSSR count). The van der Waals surface area contributed by atoms with Crippen LogP contribution in [0.1, 0.15) is 5.56 Å². The molecule has 3 aromatic heterocycles. The third-order valence-corrected chi connectivity index (χ3v) is 5.58. The van der Waals surface area contributed by atoms with Crippen molar-refractivity contribution in [3.63, 3.8) is 0 Å². The zero-order valence-corrected chi connectivity index (χ0v) is 19.1. The first-order chi connectivity index (χ1) is 15.6. The Hall–Kier alpha value is -3.97. The van der Waals surface area contributed by atoms with E-state index in [4.69, 9.17) is 23.8 Å². The number of H-pyrrole nitrogens is 1. The molecule has 0 aliphatic rings. The first kappa shape index (κ1) is 22.2. The molecule has 1 aromatic carbocycles. The molecule has 4 aromatic rings. The van der Waals surface area contributed by atoms with Crippen molar-refractivity contribution in [3.05, 3.63) is 70.8 Å². The fraction of sp³-hybridized carbons (Fsp3) is 0.158. The van der Waals surface area contributed by atoms with E-state index in [0.717, 1.165) is 10.8 Å². The first-order valence-corrected chi connectivity index (χ1v) is 10.2. The first-order valence-electron chi connectivity index (χ1n) is 9.37. The molecule has 3 N–H and O–H groups in total. The Balaban J connectivity index is 1.75. The van der Waals surface area contributed by atoms with Crippen LogP contribution < -0.4 is 22.2 Å². The number of halogens is 1. The summed E-state index contributed by atoms with van der Waals surface area (Å²) in [7, 11) is 4.44. The number of imidazole rings is 1. The number of hydrazone groups is 1. The summed E-state index contributed by atoms with van der Waals surface area (Å²) in [5.74, 6) is -0.293. The van der Waals surface area contributed by atoms with E-state index < -0.39 is 22.7 Å². The van der Waals surface area contributed by atoms with Gasteiger partial charge in [0, 0.05) is 26.2 Å². The number of nitrogens with one attached hydrogen (secondary N) is 2. The maximum absolute atomic E-state index is 12.5. The van der Waals surface area contributed by atoms with Crippen molar-refractivity contribution in [2.24, 2.45) is 26.2 Å². The van der Waals surface area contributed by atoms with E-state index in [1.165, 1.54) is 27.8 Å². The number of benzene rings is 1. The van der Waals surface area contributed by atoms with Crippen molar-refractivity contribution in [2.75, 3.05) is 5.43 Å². The van der Waals surface area contributed by atoms with Crippen LogP contribution in [0.2, 0.25) is 5.02 Å². The van der Waals surface area contributed by atoms with Crippen LogP contribution in [0.25, 0.3) is 16.9 Å². The third kappa shape index (κ3) is 3.66. The molecule has 0 aliphatic carbocycles. The highest BCUT2D eigenvalue weighted by Gasteiger charge is 2.17. The second-order valence-electron chi connectivity index (χ2n) is 7.05. The minimum absolute atomic E-state index is 0.0166. The second kappa shape index (κ2) is 8.18. The molecule has 0 spiro atoms. The standard InChI is InChI=1S/C19H17ClN8O4S/c1-25-12-13(26(2)19(32)27(3)16(12)31)22-17(25)24-21-8-11-14(29)23-18(33)28(15(11)30)10-6-4-9(20)5-7-10/h4-8,30H,1-3H3,(H,22,24)(H,23,29,33). The number of aryl methyl sites for hydroxylation is 2. The summed E-state index contributed by atoms with van der Waals surface area (Å²) in [6, 6.07) is 6.48. The molecule has 170 valence electrons. The summed E-state index contributed by atoms with van der Waals surface area (Å²) < 4.78 is 4.87. The van der Waals surface area contributed by atoms with Crippen molar-refractivity contribution in [3.8, 4) is 11.6 Å². The lowest BCUT2D eigenvalue weighted by Gasteiger charge is -2.11. The van der Waals surface area contributed by atoms with Gasteiger partial charge in [-0.05, 0) is 36.5 Å². The molecule has 0 fully saturated rings. The average molecular weight is 489 g/mol. The van der Waals surface area contributed by atoms with E-state index in [0.29, 0.717) is 10.7 Å². The van der Waals surface area contributed by atoms with E-state index >= 15 is 0 Å². The van der Waals surface area contributed by atoms with Crippen LogP contribution in [0.3, 0.4) is 0 Å². The Labute approximate surface area is 194 Å². The Kier molecular flexibility index (Phi) is 5.51. The monoisotopic (exact) mass is 488 g/mol. The van der Waals surface area contributed by atoms with Crippen LogP contribution in [-0.4, -0.2) is 39.6 Å². The fourth-order valence-corrected chi connectivity index (χ4v) is 3.67. The Bertz CT molecular complexity index is 1670. The highest BCUT2D eigenvalue weighted by atomic mass is 35.5. The van der Waals surface area contributed by atoms with E-state index in [-0.39, 0.29) is 27.4 Å². The molecule has 0 amide bonds. The highest BCUT2D eigenvalue weighted by Crippen LogP contribution is 2.20. The normalized spacial score (nSPS) is 11.5. The largest absolute Gasteiger partial charge is 0.494 e. The number of anilines is 1. The smallest absolute Gasteiger partial charge is 0.332 e. The van der Waals surface area contributed by atoms with Gasteiger partial charge in [0.05, 0.1) is 11.9 Å². The second-order valence-corrected chi connectivity index (χ2v) is 7.87. The zero-order valence-electron chi connectivity index (χ0n) is 17.5. The van der Waals surface area contributed by atoms with Gasteiger partial charge in [0.2, 0.25) is 11.8 Å². The van der Waals surface area contributed by atoms with Crippen LogP contribution in [0.5, 0.6) is 5.88 Å². The van der Waals surface area contributed by atoms with Gasteiger partial charge >= 0.3 is 5.69 Å². The van der Waals surface area contributed by atoms with Crippen molar-refractivity contribution in [2.45, 2.75) is 0 Å². The lowest BCUT2D eigenvalue weighted by atomic mass is 10.3. The minimum atomic E-state index is -0.658. The van der Waals surface area contributed by atoms with Gasteiger partial charge in [-0.1, -0.05) is 11.6 Å². The molecule has 33 heavy (non-hydrogen) atoms. The van der Waals surface area contributed by atoms with Gasteiger partial charge < -0.3 is 9.67 Å². The lowest BCUT2D eigenvalue weighted by molar-refractivity contribution is 0.432. The molecule has 0 saturated carbocycles. The van der Waals surface area contributed by atoms with E-state index in [2.05, 4.69) is 20.5 Å². The SMILES string of the molecule is Cn1c(=O)c2c(nc(NN=Cc3c(O)n(-c4ccc(Cl)cc4)c(=S)[nH]c3=O)n2C)n(C)c1=O. The molecule has 3 heterocycles. The van der Waals surface area contributed by atoms with E-state index in [1.807, 2.05) is 0 Å². The summed E-state index contributed by atoms with van der Waals surface area (Å²) in [5, 5.41) is 15.2. The molecule has 0 unspecified atom stereocenters. The molecular weight excluding hydrogens is 472 g/mol. The number of aromatic hydroxyl groups is 1. The Morgan fingerprint density at radius 2 is 1.79 bits per heavy atom. The molecule has 12 nitrogen and oxygen atoms in total. The maximum Gasteiger partial charge on any atom is 0.332 e. The van der Waals surface area contributed by atoms with Gasteiger partial charge in [0.25, 0.3) is 11.1 Å². The third-order valence-electron chi connectivity index (χ3n) is 5.04. The van der Waals surface area contributed by atoms with E-state index in [9.17, 15) is 19.5 Å². The Morgan fingerprint density at radius 1 is 1.12 bits per heavy atom. The maximum atomic E-state index is 12.5. The van der Waals surface area contributed by atoms with Crippen LogP contribution in [0, 0.1) is 4.77 Å². The summed E-state index contributed by atoms with van der Waals surface area (Å²) >= 11 is 11.1. The number of nitrogens with zero attached hydrogens (tertiary/aromatic N) is 6. The fourth-order valence-electron chi connectivity index (χ4n) is 3.26. The van der Waals surface area contributed by atoms with Gasteiger partial charge in [-0.2, -0.15) is 10.1 Å². The quantitative estimate of drug-likeness (QED) is 0.220. The molecule has 0 atom stereocenters. The summed E-state index contributed by atoms with van der Waals surface area (Å²) in [4.78, 5) is 43.7. The molecule has 14 heteroatoms. The van der Waals surface area contributed by atoms with Gasteiger partial charge in [-0.25, -0.2) is 10.2 Å². The van der Waals surface area contributed by atoms with Gasteiger partial charge in [0.15, 0.2) is 15.9 Å². The van der Waals surface area contributed by atoms with Gasteiger partial charge in [-0.15, -0.1) is 0 Å². The molecule has 0 radical (unpaired) electrons. The summed E-state index contributed by atoms with van der Waals surface area (Å²) in [6.07, 6.45) is 1.09. The number of fused-ring (bicyclic) bond motifs is 1. The summed E-state index contributed by atoms with van der Waals surface area (Å²) in [5.41, 5.74) is 1.59. The number of rotatable bonds is 4. The van der Waals surface area contributed by atoms with Crippen molar-refractivity contribution in [1.82, 2.24) is 28.2 Å².